The molecule has 0 bridgehead atoms. The number of benzene rings is 2. The summed E-state index contributed by atoms with van der Waals surface area (Å²) in [5.74, 6) is 1.54. The minimum absolute atomic E-state index is 0.293. The minimum Gasteiger partial charge on any atom is -0.495 e. The van der Waals surface area contributed by atoms with Crippen LogP contribution < -0.4 is 20.1 Å². The van der Waals surface area contributed by atoms with E-state index in [0.29, 0.717) is 35.4 Å². The Morgan fingerprint density at radius 1 is 1.14 bits per heavy atom. The molecule has 2 aromatic carbocycles. The first-order valence-corrected chi connectivity index (χ1v) is 12.9. The quantitative estimate of drug-likeness (QED) is 0.220. The van der Waals surface area contributed by atoms with Gasteiger partial charge in [-0.05, 0) is 106 Å². The molecule has 0 amide bonds. The number of hydrogen-bond acceptors (Lipinski definition) is 5. The Balaban J connectivity index is 1.64. The molecular formula is C30H38ClN3O2. The van der Waals surface area contributed by atoms with E-state index in [1.54, 1.807) is 7.11 Å². The zero-order valence-corrected chi connectivity index (χ0v) is 22.5. The van der Waals surface area contributed by atoms with Crippen molar-refractivity contribution < 1.29 is 9.47 Å². The Morgan fingerprint density at radius 2 is 1.86 bits per heavy atom. The van der Waals surface area contributed by atoms with E-state index in [1.807, 2.05) is 55.5 Å². The molecule has 1 saturated heterocycles. The number of hydrogen-bond donors (Lipinski definition) is 3. The van der Waals surface area contributed by atoms with Gasteiger partial charge in [-0.1, -0.05) is 35.9 Å². The fourth-order valence-corrected chi connectivity index (χ4v) is 4.45. The van der Waals surface area contributed by atoms with Gasteiger partial charge in [0.1, 0.15) is 17.6 Å². The molecule has 3 N–H and O–H groups in total. The van der Waals surface area contributed by atoms with Crippen LogP contribution in [0.25, 0.3) is 0 Å². The highest BCUT2D eigenvalue weighted by atomic mass is 35.5. The average Bonchev–Trinajstić information content (AvgIpc) is 2.87. The fraction of sp³-hybridized carbons (Fsp3) is 0.367. The van der Waals surface area contributed by atoms with Gasteiger partial charge in [-0.2, -0.15) is 0 Å². The predicted molar refractivity (Wildman–Crippen MR) is 152 cm³/mol. The summed E-state index contributed by atoms with van der Waals surface area (Å²) in [5, 5.41) is 16.2. The third-order valence-corrected chi connectivity index (χ3v) is 6.56. The number of ether oxygens (including phenoxy) is 2. The van der Waals surface area contributed by atoms with Gasteiger partial charge in [-0.25, -0.2) is 0 Å². The number of nitrogens with one attached hydrogen (secondary N) is 3. The van der Waals surface area contributed by atoms with Gasteiger partial charge in [-0.3, -0.25) is 0 Å². The summed E-state index contributed by atoms with van der Waals surface area (Å²) in [4.78, 5) is 0. The van der Waals surface area contributed by atoms with Crippen molar-refractivity contribution in [1.82, 2.24) is 5.32 Å². The van der Waals surface area contributed by atoms with Crippen LogP contribution in [0.3, 0.4) is 0 Å². The molecule has 0 aliphatic carbocycles. The summed E-state index contributed by atoms with van der Waals surface area (Å²) in [5.41, 5.74) is 5.73. The molecule has 6 heteroatoms. The van der Waals surface area contributed by atoms with E-state index in [2.05, 4.69) is 36.6 Å². The summed E-state index contributed by atoms with van der Waals surface area (Å²) in [7, 11) is 1.60. The summed E-state index contributed by atoms with van der Waals surface area (Å²) in [6, 6.07) is 13.8. The van der Waals surface area contributed by atoms with Crippen molar-refractivity contribution >= 4 is 23.0 Å². The van der Waals surface area contributed by atoms with Gasteiger partial charge < -0.3 is 25.5 Å². The van der Waals surface area contributed by atoms with Crippen LogP contribution in [-0.2, 0) is 6.42 Å². The highest BCUT2D eigenvalue weighted by molar-refractivity contribution is 6.32. The first-order chi connectivity index (χ1) is 17.4. The lowest BCUT2D eigenvalue weighted by atomic mass is 9.95. The van der Waals surface area contributed by atoms with Crippen LogP contribution in [0.1, 0.15) is 45.6 Å². The maximum atomic E-state index is 8.84. The molecule has 1 fully saturated rings. The molecule has 0 radical (unpaired) electrons. The largest absolute Gasteiger partial charge is 0.495 e. The van der Waals surface area contributed by atoms with E-state index >= 15 is 0 Å². The standard InChI is InChI=1S/C30H38ClN3O2/c1-5-6-21(2)27(29(32)19-23-8-14-28(31)30(20-23)35-4)13-7-22(3)34-24-9-11-25(12-10-24)36-26-15-17-33-18-16-26/h5-12,14,20,26,32-34H,13,15-19H2,1-4H3/b6-5+,22-7+,27-21+,32-29?. The van der Waals surface area contributed by atoms with Crippen LogP contribution in [0.2, 0.25) is 5.02 Å². The molecule has 36 heavy (non-hydrogen) atoms. The second kappa shape index (κ2) is 13.9. The molecule has 5 nitrogen and oxygen atoms in total. The molecule has 0 atom stereocenters. The molecule has 192 valence electrons. The summed E-state index contributed by atoms with van der Waals surface area (Å²) >= 11 is 6.17. The smallest absolute Gasteiger partial charge is 0.137 e. The topological polar surface area (TPSA) is 66.4 Å². The van der Waals surface area contributed by atoms with E-state index in [-0.39, 0.29) is 0 Å². The van der Waals surface area contributed by atoms with Crippen LogP contribution in [0.15, 0.2) is 77.5 Å². The Hall–Kier alpha value is -3.02. The first kappa shape index (κ1) is 27.6. The molecule has 3 rings (SSSR count). The van der Waals surface area contributed by atoms with E-state index in [9.17, 15) is 0 Å². The number of halogens is 1. The van der Waals surface area contributed by atoms with Crippen LogP contribution in [0.5, 0.6) is 11.5 Å². The van der Waals surface area contributed by atoms with Crippen molar-refractivity contribution in [2.24, 2.45) is 0 Å². The highest BCUT2D eigenvalue weighted by Gasteiger charge is 2.14. The SMILES string of the molecule is C/C=C/C(C)=C(\C/C=C(\C)Nc1ccc(OC2CCNCC2)cc1)C(=N)Cc1ccc(Cl)c(OC)c1. The van der Waals surface area contributed by atoms with Gasteiger partial charge in [-0.15, -0.1) is 0 Å². The van der Waals surface area contributed by atoms with Crippen molar-refractivity contribution in [3.05, 3.63) is 88.1 Å². The zero-order valence-electron chi connectivity index (χ0n) is 21.8. The van der Waals surface area contributed by atoms with Crippen molar-refractivity contribution in [2.45, 2.75) is 52.6 Å². The molecule has 0 aromatic heterocycles. The summed E-state index contributed by atoms with van der Waals surface area (Å²) in [6.45, 7) is 8.14. The van der Waals surface area contributed by atoms with Crippen LogP contribution in [0.4, 0.5) is 5.69 Å². The zero-order chi connectivity index (χ0) is 25.9. The maximum absolute atomic E-state index is 8.84. The molecule has 0 saturated carbocycles. The van der Waals surface area contributed by atoms with E-state index in [0.717, 1.165) is 59.8 Å². The summed E-state index contributed by atoms with van der Waals surface area (Å²) < 4.78 is 11.4. The molecule has 1 aliphatic heterocycles. The highest BCUT2D eigenvalue weighted by Crippen LogP contribution is 2.26. The Kier molecular flexibility index (Phi) is 10.6. The number of rotatable bonds is 11. The lowest BCUT2D eigenvalue weighted by Crippen LogP contribution is -2.34. The molecule has 0 spiro atoms. The van der Waals surface area contributed by atoms with E-state index in [4.69, 9.17) is 26.5 Å². The lowest BCUT2D eigenvalue weighted by molar-refractivity contribution is 0.162. The van der Waals surface area contributed by atoms with Gasteiger partial charge in [0.15, 0.2) is 0 Å². The number of methoxy groups -OCH3 is 1. The Labute approximate surface area is 220 Å². The number of anilines is 1. The average molecular weight is 508 g/mol. The monoisotopic (exact) mass is 507 g/mol. The van der Waals surface area contributed by atoms with Gasteiger partial charge in [0, 0.05) is 23.5 Å². The Bertz CT molecular complexity index is 1110. The summed E-state index contributed by atoms with van der Waals surface area (Å²) in [6.07, 6.45) is 9.77. The third-order valence-electron chi connectivity index (χ3n) is 6.25. The van der Waals surface area contributed by atoms with Crippen LogP contribution in [0, 0.1) is 5.41 Å². The van der Waals surface area contributed by atoms with Gasteiger partial charge in [0.25, 0.3) is 0 Å². The van der Waals surface area contributed by atoms with Crippen molar-refractivity contribution in [2.75, 3.05) is 25.5 Å². The maximum Gasteiger partial charge on any atom is 0.137 e. The minimum atomic E-state index is 0.293. The van der Waals surface area contributed by atoms with Gasteiger partial charge in [0.2, 0.25) is 0 Å². The van der Waals surface area contributed by atoms with Gasteiger partial charge >= 0.3 is 0 Å². The molecule has 1 heterocycles. The van der Waals surface area contributed by atoms with Crippen LogP contribution in [-0.4, -0.2) is 32.0 Å². The van der Waals surface area contributed by atoms with Crippen molar-refractivity contribution in [3.63, 3.8) is 0 Å². The number of piperidine rings is 1. The fourth-order valence-electron chi connectivity index (χ4n) is 4.25. The van der Waals surface area contributed by atoms with Gasteiger partial charge in [0.05, 0.1) is 12.1 Å². The van der Waals surface area contributed by atoms with E-state index < -0.39 is 0 Å². The molecular weight excluding hydrogens is 470 g/mol. The number of allylic oxidation sites excluding steroid dienone is 6. The van der Waals surface area contributed by atoms with Crippen molar-refractivity contribution in [3.8, 4) is 11.5 Å². The normalized spacial score (nSPS) is 15.5. The second-order valence-corrected chi connectivity index (χ2v) is 9.50. The molecule has 1 aliphatic rings. The molecule has 0 unspecified atom stereocenters. The lowest BCUT2D eigenvalue weighted by Gasteiger charge is -2.23. The van der Waals surface area contributed by atoms with E-state index in [1.165, 1.54) is 0 Å². The Morgan fingerprint density at radius 3 is 2.53 bits per heavy atom. The molecule has 2 aromatic rings. The second-order valence-electron chi connectivity index (χ2n) is 9.09. The third kappa shape index (κ3) is 8.28. The van der Waals surface area contributed by atoms with Crippen LogP contribution >= 0.6 is 11.6 Å². The first-order valence-electron chi connectivity index (χ1n) is 12.5. The van der Waals surface area contributed by atoms with Crippen molar-refractivity contribution in [1.29, 1.82) is 5.41 Å². The predicted octanol–water partition coefficient (Wildman–Crippen LogP) is 7.34.